The van der Waals surface area contributed by atoms with Gasteiger partial charge in [-0.1, -0.05) is 12.1 Å². The fourth-order valence-corrected chi connectivity index (χ4v) is 2.53. The van der Waals surface area contributed by atoms with E-state index in [1.807, 2.05) is 11.8 Å². The third-order valence-electron chi connectivity index (χ3n) is 2.99. The zero-order valence-corrected chi connectivity index (χ0v) is 10.7. The van der Waals surface area contributed by atoms with Crippen LogP contribution in [0.3, 0.4) is 0 Å². The van der Waals surface area contributed by atoms with Crippen molar-refractivity contribution in [3.05, 3.63) is 29.8 Å². The molecule has 0 spiro atoms. The highest BCUT2D eigenvalue weighted by Gasteiger charge is 2.23. The third-order valence-corrected chi connectivity index (χ3v) is 3.62. The second-order valence-corrected chi connectivity index (χ2v) is 5.11. The normalized spacial score (nSPS) is 24.6. The first-order valence-corrected chi connectivity index (χ1v) is 7.15. The van der Waals surface area contributed by atoms with E-state index in [1.165, 1.54) is 11.3 Å². The van der Waals surface area contributed by atoms with Crippen molar-refractivity contribution in [1.29, 1.82) is 0 Å². The molecule has 0 radical (unpaired) electrons. The molecule has 0 aliphatic carbocycles. The van der Waals surface area contributed by atoms with Gasteiger partial charge in [-0.25, -0.2) is 0 Å². The highest BCUT2D eigenvalue weighted by molar-refractivity contribution is 7.97. The summed E-state index contributed by atoms with van der Waals surface area (Å²) >= 11 is 1.85. The molecule has 16 heavy (non-hydrogen) atoms. The number of benzene rings is 1. The Morgan fingerprint density at radius 1 is 1.38 bits per heavy atom. The molecule has 0 bridgehead atoms. The van der Waals surface area contributed by atoms with Crippen LogP contribution in [0.25, 0.3) is 0 Å². The number of rotatable bonds is 4. The van der Waals surface area contributed by atoms with Crippen molar-refractivity contribution >= 4 is 17.4 Å². The van der Waals surface area contributed by atoms with Crippen LogP contribution in [-0.2, 0) is 10.5 Å². The Morgan fingerprint density at radius 3 is 2.69 bits per heavy atom. The molecular weight excluding hydrogens is 218 g/mol. The summed E-state index contributed by atoms with van der Waals surface area (Å²) in [7, 11) is 0. The van der Waals surface area contributed by atoms with Gasteiger partial charge in [-0.05, 0) is 37.3 Å². The van der Waals surface area contributed by atoms with E-state index in [2.05, 4.69) is 42.8 Å². The number of ether oxygens (including phenoxy) is 1. The molecule has 0 amide bonds. The predicted octanol–water partition coefficient (Wildman–Crippen LogP) is 3.14. The Balaban J connectivity index is 1.94. The van der Waals surface area contributed by atoms with Gasteiger partial charge in [0, 0.05) is 18.0 Å². The lowest BCUT2D eigenvalue weighted by Crippen LogP contribution is -2.26. The van der Waals surface area contributed by atoms with Crippen LogP contribution in [0.5, 0.6) is 0 Å². The summed E-state index contributed by atoms with van der Waals surface area (Å²) in [5.41, 5.74) is 2.58. The van der Waals surface area contributed by atoms with Gasteiger partial charge in [-0.15, -0.1) is 0 Å². The average Bonchev–Trinajstić information content (AvgIpc) is 2.68. The fraction of sp³-hybridized carbons (Fsp3) is 0.538. The third kappa shape index (κ3) is 2.92. The summed E-state index contributed by atoms with van der Waals surface area (Å²) in [5.74, 6) is 1.09. The van der Waals surface area contributed by atoms with Crippen molar-refractivity contribution in [3.63, 3.8) is 0 Å². The minimum absolute atomic E-state index is 0.325. The molecule has 1 fully saturated rings. The lowest BCUT2D eigenvalue weighted by atomic mass is 10.1. The monoisotopic (exact) mass is 237 g/mol. The van der Waals surface area contributed by atoms with Gasteiger partial charge in [0.25, 0.3) is 0 Å². The quantitative estimate of drug-likeness (QED) is 0.869. The Labute approximate surface area is 102 Å². The zero-order chi connectivity index (χ0) is 11.4. The van der Waals surface area contributed by atoms with E-state index in [0.29, 0.717) is 12.1 Å². The van der Waals surface area contributed by atoms with Gasteiger partial charge in [-0.2, -0.15) is 11.8 Å². The van der Waals surface area contributed by atoms with Gasteiger partial charge in [0.1, 0.15) is 0 Å². The number of thioether (sulfide) groups is 1. The van der Waals surface area contributed by atoms with Gasteiger partial charge < -0.3 is 10.1 Å². The molecule has 88 valence electrons. The molecule has 1 aliphatic rings. The van der Waals surface area contributed by atoms with Crippen molar-refractivity contribution in [3.8, 4) is 0 Å². The molecule has 1 heterocycles. The lowest BCUT2D eigenvalue weighted by molar-refractivity contribution is 0.121. The first kappa shape index (κ1) is 11.8. The Kier molecular flexibility index (Phi) is 4.13. The van der Waals surface area contributed by atoms with Crippen LogP contribution in [-0.4, -0.2) is 25.0 Å². The molecule has 1 aromatic carbocycles. The second kappa shape index (κ2) is 5.60. The summed E-state index contributed by atoms with van der Waals surface area (Å²) < 4.78 is 5.53. The van der Waals surface area contributed by atoms with E-state index in [-0.39, 0.29) is 0 Å². The number of hydrogen-bond acceptors (Lipinski definition) is 3. The summed E-state index contributed by atoms with van der Waals surface area (Å²) in [6.45, 7) is 3.01. The molecule has 3 heteroatoms. The molecule has 0 saturated carbocycles. The molecule has 0 aromatic heterocycles. The first-order chi connectivity index (χ1) is 7.79. The Hall–Kier alpha value is -0.670. The van der Waals surface area contributed by atoms with Gasteiger partial charge in [0.05, 0.1) is 12.1 Å². The molecule has 1 N–H and O–H groups in total. The Bertz CT molecular complexity index is 325. The molecule has 1 aromatic rings. The van der Waals surface area contributed by atoms with Crippen LogP contribution in [0, 0.1) is 0 Å². The van der Waals surface area contributed by atoms with Gasteiger partial charge in [0.15, 0.2) is 0 Å². The first-order valence-electron chi connectivity index (χ1n) is 5.75. The molecule has 1 saturated heterocycles. The van der Waals surface area contributed by atoms with Gasteiger partial charge in [-0.3, -0.25) is 0 Å². The summed E-state index contributed by atoms with van der Waals surface area (Å²) in [4.78, 5) is 0. The van der Waals surface area contributed by atoms with E-state index in [0.717, 1.165) is 18.8 Å². The molecule has 2 nitrogen and oxygen atoms in total. The zero-order valence-electron chi connectivity index (χ0n) is 9.90. The highest BCUT2D eigenvalue weighted by atomic mass is 32.2. The van der Waals surface area contributed by atoms with Crippen molar-refractivity contribution in [2.24, 2.45) is 0 Å². The van der Waals surface area contributed by atoms with Crippen LogP contribution in [0.15, 0.2) is 24.3 Å². The topological polar surface area (TPSA) is 21.3 Å². The van der Waals surface area contributed by atoms with E-state index < -0.39 is 0 Å². The minimum Gasteiger partial charge on any atom is -0.380 e. The number of hydrogen-bond donors (Lipinski definition) is 1. The minimum atomic E-state index is 0.325. The Morgan fingerprint density at radius 2 is 2.12 bits per heavy atom. The van der Waals surface area contributed by atoms with Crippen LogP contribution in [0.4, 0.5) is 5.69 Å². The van der Waals surface area contributed by atoms with Crippen LogP contribution in [0.1, 0.15) is 18.9 Å². The molecular formula is C13H19NOS. The molecule has 1 aliphatic heterocycles. The molecule has 2 rings (SSSR count). The van der Waals surface area contributed by atoms with E-state index in [9.17, 15) is 0 Å². The predicted molar refractivity (Wildman–Crippen MR) is 71.1 cm³/mol. The van der Waals surface area contributed by atoms with Crippen LogP contribution in [0.2, 0.25) is 0 Å². The lowest BCUT2D eigenvalue weighted by Gasteiger charge is -2.17. The maximum atomic E-state index is 5.53. The summed E-state index contributed by atoms with van der Waals surface area (Å²) in [5, 5.41) is 3.53. The van der Waals surface area contributed by atoms with Gasteiger partial charge in [0.2, 0.25) is 0 Å². The fourth-order valence-electron chi connectivity index (χ4n) is 2.00. The number of nitrogens with one attached hydrogen (secondary N) is 1. The van der Waals surface area contributed by atoms with Crippen LogP contribution >= 0.6 is 11.8 Å². The van der Waals surface area contributed by atoms with E-state index >= 15 is 0 Å². The average molecular weight is 237 g/mol. The van der Waals surface area contributed by atoms with E-state index in [1.54, 1.807) is 0 Å². The standard InChI is InChI=1S/C13H19NOS/c1-10-13(7-8-15-10)14-12-5-3-11(4-6-12)9-16-2/h3-6,10,13-14H,7-9H2,1-2H3. The second-order valence-electron chi connectivity index (χ2n) is 4.25. The molecule has 2 atom stereocenters. The largest absolute Gasteiger partial charge is 0.380 e. The smallest absolute Gasteiger partial charge is 0.0748 e. The maximum Gasteiger partial charge on any atom is 0.0748 e. The van der Waals surface area contributed by atoms with E-state index in [4.69, 9.17) is 4.74 Å². The summed E-state index contributed by atoms with van der Waals surface area (Å²) in [6, 6.07) is 9.18. The van der Waals surface area contributed by atoms with Crippen molar-refractivity contribution in [2.75, 3.05) is 18.2 Å². The SMILES string of the molecule is CSCc1ccc(NC2CCOC2C)cc1. The molecule has 2 unspecified atom stereocenters. The van der Waals surface area contributed by atoms with Crippen LogP contribution < -0.4 is 5.32 Å². The summed E-state index contributed by atoms with van der Waals surface area (Å²) in [6.07, 6.45) is 3.56. The van der Waals surface area contributed by atoms with Crippen molar-refractivity contribution < 1.29 is 4.74 Å². The maximum absolute atomic E-state index is 5.53. The van der Waals surface area contributed by atoms with Gasteiger partial charge >= 0.3 is 0 Å². The van der Waals surface area contributed by atoms with Crippen molar-refractivity contribution in [1.82, 2.24) is 0 Å². The highest BCUT2D eigenvalue weighted by Crippen LogP contribution is 2.20. The van der Waals surface area contributed by atoms with Crippen molar-refractivity contribution in [2.45, 2.75) is 31.2 Å². The number of anilines is 1.